The molecular formula is C16H20N2O. The van der Waals surface area contributed by atoms with Crippen LogP contribution in [0.15, 0.2) is 16.5 Å². The lowest BCUT2D eigenvalue weighted by molar-refractivity contribution is 0.318. The van der Waals surface area contributed by atoms with E-state index in [4.69, 9.17) is 4.42 Å². The van der Waals surface area contributed by atoms with Gasteiger partial charge in [0.15, 0.2) is 11.5 Å². The van der Waals surface area contributed by atoms with E-state index in [2.05, 4.69) is 29.4 Å². The third-order valence-electron chi connectivity index (χ3n) is 4.55. The lowest BCUT2D eigenvalue weighted by Crippen LogP contribution is -2.39. The molecule has 1 aromatic carbocycles. The second-order valence-electron chi connectivity index (χ2n) is 6.04. The Balaban J connectivity index is 1.81. The maximum absolute atomic E-state index is 5.87. The molecule has 2 heterocycles. The number of benzene rings is 1. The van der Waals surface area contributed by atoms with Gasteiger partial charge in [-0.1, -0.05) is 6.92 Å². The number of aryl methyl sites for hydroxylation is 1. The van der Waals surface area contributed by atoms with E-state index < -0.39 is 0 Å². The smallest absolute Gasteiger partial charge is 0.195 e. The highest BCUT2D eigenvalue weighted by atomic mass is 16.3. The van der Waals surface area contributed by atoms with Crippen LogP contribution in [-0.2, 0) is 12.8 Å². The predicted molar refractivity (Wildman–Crippen MR) is 75.4 cm³/mol. The lowest BCUT2D eigenvalue weighted by Gasteiger charge is -2.36. The molecule has 2 unspecified atom stereocenters. The van der Waals surface area contributed by atoms with Crippen molar-refractivity contribution in [2.45, 2.75) is 38.5 Å². The molecule has 4 rings (SSSR count). The van der Waals surface area contributed by atoms with Gasteiger partial charge in [-0.3, -0.25) is 0 Å². The average molecular weight is 256 g/mol. The first-order valence-electron chi connectivity index (χ1n) is 7.46. The summed E-state index contributed by atoms with van der Waals surface area (Å²) in [6.07, 6.45) is 4.55. The zero-order chi connectivity index (χ0) is 12.8. The van der Waals surface area contributed by atoms with E-state index in [1.54, 1.807) is 0 Å². The third-order valence-corrected chi connectivity index (χ3v) is 4.55. The summed E-state index contributed by atoms with van der Waals surface area (Å²) in [6, 6.07) is 4.53. The van der Waals surface area contributed by atoms with E-state index in [1.807, 2.05) is 0 Å². The summed E-state index contributed by atoms with van der Waals surface area (Å²) in [5, 5.41) is 3.56. The molecule has 2 aromatic rings. The number of aromatic nitrogens is 1. The molecule has 100 valence electrons. The largest absolute Gasteiger partial charge is 0.441 e. The summed E-state index contributed by atoms with van der Waals surface area (Å²) >= 11 is 0. The van der Waals surface area contributed by atoms with Gasteiger partial charge in [0, 0.05) is 13.0 Å². The molecule has 2 aliphatic rings. The van der Waals surface area contributed by atoms with Crippen LogP contribution in [0, 0.1) is 5.92 Å². The van der Waals surface area contributed by atoms with Crippen molar-refractivity contribution in [3.63, 3.8) is 0 Å². The fraction of sp³-hybridized carbons (Fsp3) is 0.562. The highest BCUT2D eigenvalue weighted by Crippen LogP contribution is 2.38. The Morgan fingerprint density at radius 3 is 3.21 bits per heavy atom. The minimum atomic E-state index is 0.679. The number of oxazole rings is 1. The van der Waals surface area contributed by atoms with Crippen LogP contribution in [0.4, 0.5) is 0 Å². The van der Waals surface area contributed by atoms with Gasteiger partial charge in [-0.25, -0.2) is 4.98 Å². The van der Waals surface area contributed by atoms with Crippen LogP contribution in [-0.4, -0.2) is 18.1 Å². The second kappa shape index (κ2) is 4.34. The molecule has 1 aliphatic heterocycles. The highest BCUT2D eigenvalue weighted by molar-refractivity contribution is 5.75. The molecule has 1 N–H and O–H groups in total. The van der Waals surface area contributed by atoms with Crippen LogP contribution in [0.3, 0.4) is 0 Å². The second-order valence-corrected chi connectivity index (χ2v) is 6.04. The molecule has 0 amide bonds. The molecule has 0 spiro atoms. The molecule has 0 saturated carbocycles. The number of hydrogen-bond acceptors (Lipinski definition) is 3. The predicted octanol–water partition coefficient (Wildman–Crippen LogP) is 3.03. The highest BCUT2D eigenvalue weighted by Gasteiger charge is 2.30. The topological polar surface area (TPSA) is 38.1 Å². The van der Waals surface area contributed by atoms with Gasteiger partial charge in [0.1, 0.15) is 5.52 Å². The Labute approximate surface area is 113 Å². The van der Waals surface area contributed by atoms with Gasteiger partial charge in [0.2, 0.25) is 0 Å². The Hall–Kier alpha value is -1.35. The Kier molecular flexibility index (Phi) is 2.62. The first kappa shape index (κ1) is 11.5. The first-order chi connectivity index (χ1) is 9.33. The first-order valence-corrected chi connectivity index (χ1v) is 7.46. The number of rotatable bonds is 2. The summed E-state index contributed by atoms with van der Waals surface area (Å²) in [6.45, 7) is 4.45. The quantitative estimate of drug-likeness (QED) is 0.897. The number of fused-ring (bicyclic) bond motifs is 5. The lowest BCUT2D eigenvalue weighted by atomic mass is 9.74. The van der Waals surface area contributed by atoms with Gasteiger partial charge in [0.05, 0.1) is 0 Å². The molecular weight excluding hydrogens is 236 g/mol. The summed E-state index contributed by atoms with van der Waals surface area (Å²) in [5.74, 6) is 2.38. The molecule has 1 saturated heterocycles. The van der Waals surface area contributed by atoms with Crippen molar-refractivity contribution in [3.05, 3.63) is 29.2 Å². The van der Waals surface area contributed by atoms with Gasteiger partial charge in [-0.2, -0.15) is 0 Å². The van der Waals surface area contributed by atoms with Crippen LogP contribution < -0.4 is 5.32 Å². The van der Waals surface area contributed by atoms with Crippen LogP contribution in [0.1, 0.15) is 42.7 Å². The number of nitrogens with one attached hydrogen (secondary N) is 1. The zero-order valence-electron chi connectivity index (χ0n) is 11.4. The van der Waals surface area contributed by atoms with Gasteiger partial charge in [-0.05, 0) is 60.9 Å². The van der Waals surface area contributed by atoms with Crippen molar-refractivity contribution < 1.29 is 4.42 Å². The number of piperidine rings is 1. The Morgan fingerprint density at radius 1 is 1.37 bits per heavy atom. The van der Waals surface area contributed by atoms with E-state index in [-0.39, 0.29) is 0 Å². The fourth-order valence-electron chi connectivity index (χ4n) is 3.69. The number of hydrogen-bond donors (Lipinski definition) is 1. The van der Waals surface area contributed by atoms with Crippen molar-refractivity contribution in [1.82, 2.24) is 10.3 Å². The minimum Gasteiger partial charge on any atom is -0.441 e. The average Bonchev–Trinajstić information content (AvgIpc) is 2.79. The summed E-state index contributed by atoms with van der Waals surface area (Å²) in [4.78, 5) is 4.63. The molecule has 2 atom stereocenters. The van der Waals surface area contributed by atoms with E-state index in [1.165, 1.54) is 30.5 Å². The van der Waals surface area contributed by atoms with Crippen LogP contribution in [0.5, 0.6) is 0 Å². The summed E-state index contributed by atoms with van der Waals surface area (Å²) in [7, 11) is 0. The van der Waals surface area contributed by atoms with Crippen molar-refractivity contribution in [1.29, 1.82) is 0 Å². The molecule has 1 aliphatic carbocycles. The molecule has 19 heavy (non-hydrogen) atoms. The fourth-order valence-corrected chi connectivity index (χ4v) is 3.69. The van der Waals surface area contributed by atoms with Gasteiger partial charge < -0.3 is 9.73 Å². The van der Waals surface area contributed by atoms with Crippen molar-refractivity contribution >= 4 is 11.1 Å². The van der Waals surface area contributed by atoms with Crippen LogP contribution in [0.2, 0.25) is 0 Å². The summed E-state index contributed by atoms with van der Waals surface area (Å²) in [5.41, 5.74) is 5.03. The molecule has 0 radical (unpaired) electrons. The maximum Gasteiger partial charge on any atom is 0.195 e. The minimum absolute atomic E-state index is 0.679. The molecule has 1 aromatic heterocycles. The molecule has 3 heteroatoms. The molecule has 1 fully saturated rings. The van der Waals surface area contributed by atoms with Crippen molar-refractivity contribution in [2.24, 2.45) is 5.92 Å². The standard InChI is InChI=1S/C16H20N2O/c1-2-3-16-18-14-7-13-11(6-15(14)19-16)4-10-5-12(13)9-17-8-10/h6-7,10,12,17H,2-5,8-9H2,1H3. The van der Waals surface area contributed by atoms with E-state index >= 15 is 0 Å². The molecule has 3 nitrogen and oxygen atoms in total. The Morgan fingerprint density at radius 2 is 2.32 bits per heavy atom. The van der Waals surface area contributed by atoms with Crippen LogP contribution >= 0.6 is 0 Å². The zero-order valence-corrected chi connectivity index (χ0v) is 11.4. The number of nitrogens with zero attached hydrogens (tertiary/aromatic N) is 1. The van der Waals surface area contributed by atoms with Gasteiger partial charge >= 0.3 is 0 Å². The summed E-state index contributed by atoms with van der Waals surface area (Å²) < 4.78 is 5.87. The normalized spacial score (nSPS) is 25.5. The monoisotopic (exact) mass is 256 g/mol. The Bertz CT molecular complexity index is 616. The van der Waals surface area contributed by atoms with Gasteiger partial charge in [-0.15, -0.1) is 0 Å². The van der Waals surface area contributed by atoms with Gasteiger partial charge in [0.25, 0.3) is 0 Å². The van der Waals surface area contributed by atoms with Crippen molar-refractivity contribution in [2.75, 3.05) is 13.1 Å². The van der Waals surface area contributed by atoms with E-state index in [0.717, 1.165) is 42.3 Å². The maximum atomic E-state index is 5.87. The molecule has 2 bridgehead atoms. The SMILES string of the molecule is CCCc1nc2cc3c(cc2o1)CC1CNCC3C1. The van der Waals surface area contributed by atoms with Crippen LogP contribution in [0.25, 0.3) is 11.1 Å². The third kappa shape index (κ3) is 1.88. The van der Waals surface area contributed by atoms with Crippen molar-refractivity contribution in [3.8, 4) is 0 Å². The van der Waals surface area contributed by atoms with E-state index in [0.29, 0.717) is 5.92 Å². The van der Waals surface area contributed by atoms with E-state index in [9.17, 15) is 0 Å².